The molecule has 1 heterocycles. The van der Waals surface area contributed by atoms with E-state index in [0.717, 1.165) is 21.5 Å². The van der Waals surface area contributed by atoms with E-state index < -0.39 is 0 Å². The maximum atomic E-state index is 5.66. The molecule has 0 bridgehead atoms. The van der Waals surface area contributed by atoms with Crippen LogP contribution in [0.4, 0.5) is 0 Å². The van der Waals surface area contributed by atoms with Gasteiger partial charge >= 0.3 is 0 Å². The molecule has 0 aliphatic rings. The normalized spacial score (nSPS) is 11.8. The maximum absolute atomic E-state index is 5.66. The Kier molecular flexibility index (Phi) is 5.56. The van der Waals surface area contributed by atoms with Crippen molar-refractivity contribution in [3.8, 4) is 0 Å². The summed E-state index contributed by atoms with van der Waals surface area (Å²) < 4.78 is 12.0. The molecule has 1 aromatic heterocycles. The van der Waals surface area contributed by atoms with Gasteiger partial charge in [0.05, 0.1) is 12.3 Å². The van der Waals surface area contributed by atoms with Gasteiger partial charge in [0.1, 0.15) is 6.61 Å². The van der Waals surface area contributed by atoms with Crippen molar-refractivity contribution in [2.75, 3.05) is 0 Å². The molecular formula is C16H21BrN2O2. The molecule has 0 aliphatic heterocycles. The van der Waals surface area contributed by atoms with Crippen molar-refractivity contribution >= 4 is 15.9 Å². The number of nitrogens with zero attached hydrogens (tertiary/aromatic N) is 1. The first-order valence-corrected chi connectivity index (χ1v) is 7.74. The number of halogens is 1. The van der Waals surface area contributed by atoms with Crippen LogP contribution >= 0.6 is 15.9 Å². The van der Waals surface area contributed by atoms with Crippen molar-refractivity contribution in [1.82, 2.24) is 10.5 Å². The summed E-state index contributed by atoms with van der Waals surface area (Å²) in [4.78, 5) is 0. The van der Waals surface area contributed by atoms with E-state index in [4.69, 9.17) is 9.26 Å². The van der Waals surface area contributed by atoms with E-state index in [0.29, 0.717) is 19.8 Å². The predicted molar refractivity (Wildman–Crippen MR) is 85.7 cm³/mol. The van der Waals surface area contributed by atoms with E-state index in [2.05, 4.69) is 47.2 Å². The van der Waals surface area contributed by atoms with Crippen molar-refractivity contribution in [2.24, 2.45) is 0 Å². The summed E-state index contributed by atoms with van der Waals surface area (Å²) in [6.07, 6.45) is 0. The Bertz CT molecular complexity index is 576. The quantitative estimate of drug-likeness (QED) is 0.851. The first kappa shape index (κ1) is 16.2. The Morgan fingerprint density at radius 3 is 2.71 bits per heavy atom. The third kappa shape index (κ3) is 5.61. The summed E-state index contributed by atoms with van der Waals surface area (Å²) in [7, 11) is 0. The molecule has 0 amide bonds. The van der Waals surface area contributed by atoms with E-state index in [9.17, 15) is 0 Å². The molecule has 0 saturated carbocycles. The average Bonchev–Trinajstić information content (AvgIpc) is 2.86. The molecule has 0 radical (unpaired) electrons. The SMILES string of the molecule is CC(C)(C)NCc1cc(COCc2ccccc2Br)on1. The van der Waals surface area contributed by atoms with Crippen LogP contribution in [0.1, 0.15) is 37.8 Å². The molecule has 2 rings (SSSR count). The van der Waals surface area contributed by atoms with Gasteiger partial charge in [-0.25, -0.2) is 0 Å². The van der Waals surface area contributed by atoms with Crippen LogP contribution in [-0.2, 0) is 24.5 Å². The monoisotopic (exact) mass is 352 g/mol. The number of aromatic nitrogens is 1. The van der Waals surface area contributed by atoms with E-state index in [1.807, 2.05) is 30.3 Å². The Morgan fingerprint density at radius 2 is 2.00 bits per heavy atom. The zero-order valence-electron chi connectivity index (χ0n) is 12.6. The molecule has 4 nitrogen and oxygen atoms in total. The Morgan fingerprint density at radius 1 is 1.24 bits per heavy atom. The second kappa shape index (κ2) is 7.20. The molecule has 0 unspecified atom stereocenters. The number of benzene rings is 1. The van der Waals surface area contributed by atoms with Crippen LogP contribution in [0.3, 0.4) is 0 Å². The van der Waals surface area contributed by atoms with Gasteiger partial charge in [-0.2, -0.15) is 0 Å². The van der Waals surface area contributed by atoms with Crippen LogP contribution in [0.2, 0.25) is 0 Å². The number of ether oxygens (including phenoxy) is 1. The third-order valence-corrected chi connectivity index (χ3v) is 3.64. The molecule has 114 valence electrons. The summed E-state index contributed by atoms with van der Waals surface area (Å²) in [6, 6.07) is 9.94. The van der Waals surface area contributed by atoms with Gasteiger partial charge in [-0.15, -0.1) is 0 Å². The Hall–Kier alpha value is -1.17. The topological polar surface area (TPSA) is 47.3 Å². The van der Waals surface area contributed by atoms with Crippen LogP contribution in [-0.4, -0.2) is 10.7 Å². The summed E-state index contributed by atoms with van der Waals surface area (Å²) in [5.74, 6) is 0.743. The second-order valence-electron chi connectivity index (χ2n) is 5.97. The Balaban J connectivity index is 1.79. The van der Waals surface area contributed by atoms with Gasteiger partial charge in [-0.1, -0.05) is 39.3 Å². The van der Waals surface area contributed by atoms with Crippen LogP contribution < -0.4 is 5.32 Å². The fourth-order valence-electron chi connectivity index (χ4n) is 1.74. The average molecular weight is 353 g/mol. The summed E-state index contributed by atoms with van der Waals surface area (Å²) in [5.41, 5.74) is 2.07. The fourth-order valence-corrected chi connectivity index (χ4v) is 2.14. The molecule has 5 heteroatoms. The number of nitrogens with one attached hydrogen (secondary N) is 1. The zero-order chi connectivity index (χ0) is 15.3. The lowest BCUT2D eigenvalue weighted by Crippen LogP contribution is -2.35. The van der Waals surface area contributed by atoms with Crippen molar-refractivity contribution < 1.29 is 9.26 Å². The zero-order valence-corrected chi connectivity index (χ0v) is 14.2. The molecule has 1 aromatic carbocycles. The summed E-state index contributed by atoms with van der Waals surface area (Å²) in [6.45, 7) is 8.01. The van der Waals surface area contributed by atoms with E-state index in [1.54, 1.807) is 0 Å². The highest BCUT2D eigenvalue weighted by molar-refractivity contribution is 9.10. The molecule has 0 saturated heterocycles. The van der Waals surface area contributed by atoms with Gasteiger partial charge < -0.3 is 14.6 Å². The van der Waals surface area contributed by atoms with Crippen molar-refractivity contribution in [3.05, 3.63) is 51.8 Å². The van der Waals surface area contributed by atoms with Crippen LogP contribution in [0.5, 0.6) is 0 Å². The van der Waals surface area contributed by atoms with Gasteiger partial charge in [0.25, 0.3) is 0 Å². The minimum absolute atomic E-state index is 0.0647. The van der Waals surface area contributed by atoms with Crippen molar-refractivity contribution in [3.63, 3.8) is 0 Å². The van der Waals surface area contributed by atoms with E-state index in [-0.39, 0.29) is 5.54 Å². The molecular weight excluding hydrogens is 332 g/mol. The van der Waals surface area contributed by atoms with Gasteiger partial charge in [-0.05, 0) is 32.4 Å². The molecule has 0 atom stereocenters. The molecule has 0 aliphatic carbocycles. The number of hydrogen-bond acceptors (Lipinski definition) is 4. The number of rotatable bonds is 6. The standard InChI is InChI=1S/C16H21BrN2O2/c1-16(2,3)18-9-13-8-14(21-19-13)11-20-10-12-6-4-5-7-15(12)17/h4-8,18H,9-11H2,1-3H3. The van der Waals surface area contributed by atoms with Gasteiger partial charge in [0.2, 0.25) is 0 Å². The smallest absolute Gasteiger partial charge is 0.162 e. The Labute approximate surface area is 134 Å². The molecule has 2 aromatic rings. The first-order chi connectivity index (χ1) is 9.94. The minimum atomic E-state index is 0.0647. The highest BCUT2D eigenvalue weighted by Crippen LogP contribution is 2.17. The molecule has 0 fully saturated rings. The van der Waals surface area contributed by atoms with Crippen LogP contribution in [0, 0.1) is 0 Å². The first-order valence-electron chi connectivity index (χ1n) is 6.95. The highest BCUT2D eigenvalue weighted by atomic mass is 79.9. The number of hydrogen-bond donors (Lipinski definition) is 1. The molecule has 21 heavy (non-hydrogen) atoms. The molecule has 1 N–H and O–H groups in total. The van der Waals surface area contributed by atoms with Crippen LogP contribution in [0.15, 0.2) is 39.3 Å². The highest BCUT2D eigenvalue weighted by Gasteiger charge is 2.11. The lowest BCUT2D eigenvalue weighted by atomic mass is 10.1. The summed E-state index contributed by atoms with van der Waals surface area (Å²) in [5, 5.41) is 7.41. The molecule has 0 spiro atoms. The van der Waals surface area contributed by atoms with Crippen molar-refractivity contribution in [2.45, 2.75) is 46.1 Å². The minimum Gasteiger partial charge on any atom is -0.369 e. The van der Waals surface area contributed by atoms with Gasteiger partial charge in [0, 0.05) is 22.6 Å². The van der Waals surface area contributed by atoms with Gasteiger partial charge in [0.15, 0.2) is 5.76 Å². The maximum Gasteiger partial charge on any atom is 0.162 e. The predicted octanol–water partition coefficient (Wildman–Crippen LogP) is 4.04. The van der Waals surface area contributed by atoms with Crippen molar-refractivity contribution in [1.29, 1.82) is 0 Å². The fraction of sp³-hybridized carbons (Fsp3) is 0.438. The van der Waals surface area contributed by atoms with Crippen LogP contribution in [0.25, 0.3) is 0 Å². The van der Waals surface area contributed by atoms with Gasteiger partial charge in [-0.3, -0.25) is 0 Å². The lowest BCUT2D eigenvalue weighted by molar-refractivity contribution is 0.0879. The second-order valence-corrected chi connectivity index (χ2v) is 6.83. The lowest BCUT2D eigenvalue weighted by Gasteiger charge is -2.19. The van der Waals surface area contributed by atoms with E-state index >= 15 is 0 Å². The van der Waals surface area contributed by atoms with E-state index in [1.165, 1.54) is 0 Å². The third-order valence-electron chi connectivity index (χ3n) is 2.87. The summed E-state index contributed by atoms with van der Waals surface area (Å²) >= 11 is 3.50. The largest absolute Gasteiger partial charge is 0.369 e.